The second-order valence-corrected chi connectivity index (χ2v) is 3.45. The highest BCUT2D eigenvalue weighted by Crippen LogP contribution is 2.21. The quantitative estimate of drug-likeness (QED) is 0.640. The summed E-state index contributed by atoms with van der Waals surface area (Å²) in [6, 6.07) is 4.75. The van der Waals surface area contributed by atoms with E-state index in [1.54, 1.807) is 26.3 Å². The maximum atomic E-state index is 11.5. The summed E-state index contributed by atoms with van der Waals surface area (Å²) in [7, 11) is 3.22. The predicted molar refractivity (Wildman–Crippen MR) is 61.9 cm³/mol. The second kappa shape index (κ2) is 5.48. The Morgan fingerprint density at radius 3 is 2.69 bits per heavy atom. The normalized spacial score (nSPS) is 12.0. The van der Waals surface area contributed by atoms with Crippen LogP contribution in [-0.4, -0.2) is 20.1 Å². The smallest absolute Gasteiger partial charge is 0.255 e. The summed E-state index contributed by atoms with van der Waals surface area (Å²) < 4.78 is 5.13. The number of nitrogens with two attached hydrogens (primary N) is 1. The van der Waals surface area contributed by atoms with Crippen molar-refractivity contribution in [1.29, 1.82) is 0 Å². The van der Waals surface area contributed by atoms with Crippen LogP contribution >= 0.6 is 0 Å². The molecule has 0 aliphatic heterocycles. The van der Waals surface area contributed by atoms with E-state index < -0.39 is 6.04 Å². The van der Waals surface area contributed by atoms with Gasteiger partial charge in [-0.15, -0.1) is 0 Å². The Labute approximate surface area is 94.9 Å². The molecule has 5 nitrogen and oxygen atoms in total. The summed E-state index contributed by atoms with van der Waals surface area (Å²) in [4.78, 5) is 11.5. The predicted octanol–water partition coefficient (Wildman–Crippen LogP) is 0.254. The molecule has 88 valence electrons. The average molecular weight is 223 g/mol. The van der Waals surface area contributed by atoms with Crippen molar-refractivity contribution in [2.75, 3.05) is 14.2 Å². The molecule has 0 heterocycles. The first-order valence-corrected chi connectivity index (χ1v) is 4.97. The highest BCUT2D eigenvalue weighted by atomic mass is 16.5. The second-order valence-electron chi connectivity index (χ2n) is 3.45. The Hall–Kier alpha value is -1.59. The summed E-state index contributed by atoms with van der Waals surface area (Å²) >= 11 is 0. The lowest BCUT2D eigenvalue weighted by Gasteiger charge is -2.13. The fourth-order valence-corrected chi connectivity index (χ4v) is 1.45. The maximum Gasteiger partial charge on any atom is 0.255 e. The number of rotatable bonds is 4. The molecule has 4 N–H and O–H groups in total. The molecule has 1 aromatic rings. The SMILES string of the molecule is CNNC(=O)C(N)c1ccc(OC)c(C)c1. The number of aryl methyl sites for hydroxylation is 1. The Balaban J connectivity index is 2.88. The number of benzene rings is 1. The van der Waals surface area contributed by atoms with Crippen LogP contribution < -0.4 is 21.3 Å². The Kier molecular flexibility index (Phi) is 4.28. The third-order valence-electron chi connectivity index (χ3n) is 2.31. The van der Waals surface area contributed by atoms with Crippen LogP contribution in [0.3, 0.4) is 0 Å². The van der Waals surface area contributed by atoms with Crippen LogP contribution in [0.1, 0.15) is 17.2 Å². The molecule has 1 rings (SSSR count). The van der Waals surface area contributed by atoms with E-state index in [1.807, 2.05) is 13.0 Å². The van der Waals surface area contributed by atoms with Crippen LogP contribution in [0.5, 0.6) is 5.75 Å². The first-order chi connectivity index (χ1) is 7.60. The molecule has 16 heavy (non-hydrogen) atoms. The zero-order valence-electron chi connectivity index (χ0n) is 9.70. The number of ether oxygens (including phenoxy) is 1. The van der Waals surface area contributed by atoms with Crippen molar-refractivity contribution in [3.63, 3.8) is 0 Å². The lowest BCUT2D eigenvalue weighted by atomic mass is 10.0. The Morgan fingerprint density at radius 2 is 2.19 bits per heavy atom. The topological polar surface area (TPSA) is 76.4 Å². The third kappa shape index (κ3) is 2.71. The zero-order chi connectivity index (χ0) is 12.1. The van der Waals surface area contributed by atoms with Crippen LogP contribution in [0.25, 0.3) is 0 Å². The van der Waals surface area contributed by atoms with Gasteiger partial charge in [0.25, 0.3) is 5.91 Å². The van der Waals surface area contributed by atoms with E-state index in [0.717, 1.165) is 16.9 Å². The Bertz CT molecular complexity index is 379. The Morgan fingerprint density at radius 1 is 1.50 bits per heavy atom. The lowest BCUT2D eigenvalue weighted by Crippen LogP contribution is -2.40. The molecule has 0 saturated heterocycles. The zero-order valence-corrected chi connectivity index (χ0v) is 9.70. The van der Waals surface area contributed by atoms with Gasteiger partial charge in [0.05, 0.1) is 7.11 Å². The number of methoxy groups -OCH3 is 1. The minimum Gasteiger partial charge on any atom is -0.496 e. The van der Waals surface area contributed by atoms with Gasteiger partial charge in [0, 0.05) is 7.05 Å². The van der Waals surface area contributed by atoms with Gasteiger partial charge in [-0.25, -0.2) is 5.43 Å². The van der Waals surface area contributed by atoms with Gasteiger partial charge in [-0.2, -0.15) is 0 Å². The number of carbonyl (C=O) groups excluding carboxylic acids is 1. The van der Waals surface area contributed by atoms with Gasteiger partial charge in [0.1, 0.15) is 11.8 Å². The van der Waals surface area contributed by atoms with Gasteiger partial charge < -0.3 is 10.5 Å². The molecule has 0 aliphatic carbocycles. The van der Waals surface area contributed by atoms with E-state index in [9.17, 15) is 4.79 Å². The van der Waals surface area contributed by atoms with Gasteiger partial charge in [0.15, 0.2) is 0 Å². The number of amides is 1. The first kappa shape index (κ1) is 12.5. The van der Waals surface area contributed by atoms with Gasteiger partial charge in [0.2, 0.25) is 0 Å². The van der Waals surface area contributed by atoms with E-state index in [0.29, 0.717) is 0 Å². The number of hydrogen-bond donors (Lipinski definition) is 3. The summed E-state index contributed by atoms with van der Waals surface area (Å²) in [5.74, 6) is 0.511. The highest BCUT2D eigenvalue weighted by molar-refractivity contribution is 5.82. The van der Waals surface area contributed by atoms with E-state index >= 15 is 0 Å². The third-order valence-corrected chi connectivity index (χ3v) is 2.31. The minimum absolute atomic E-state index is 0.271. The largest absolute Gasteiger partial charge is 0.496 e. The maximum absolute atomic E-state index is 11.5. The van der Waals surface area contributed by atoms with Gasteiger partial charge in [-0.1, -0.05) is 12.1 Å². The number of nitrogens with one attached hydrogen (secondary N) is 2. The van der Waals surface area contributed by atoms with E-state index in [2.05, 4.69) is 10.9 Å². The monoisotopic (exact) mass is 223 g/mol. The summed E-state index contributed by atoms with van der Waals surface area (Å²) in [6.45, 7) is 1.91. The number of carbonyl (C=O) groups is 1. The van der Waals surface area contributed by atoms with Crippen LogP contribution in [0.15, 0.2) is 18.2 Å². The standard InChI is InChI=1S/C11H17N3O2/c1-7-6-8(4-5-9(7)16-3)10(12)11(15)14-13-2/h4-6,10,13H,12H2,1-3H3,(H,14,15). The van der Waals surface area contributed by atoms with Crippen LogP contribution in [0.4, 0.5) is 0 Å². The molecule has 0 bridgehead atoms. The van der Waals surface area contributed by atoms with Crippen LogP contribution in [0, 0.1) is 6.92 Å². The van der Waals surface area contributed by atoms with Crippen molar-refractivity contribution >= 4 is 5.91 Å². The average Bonchev–Trinajstić information content (AvgIpc) is 2.28. The lowest BCUT2D eigenvalue weighted by molar-refractivity contribution is -0.123. The molecule has 1 atom stereocenters. The van der Waals surface area contributed by atoms with E-state index in [1.165, 1.54) is 0 Å². The fraction of sp³-hybridized carbons (Fsp3) is 0.364. The molecule has 1 aromatic carbocycles. The molecule has 0 saturated carbocycles. The molecular formula is C11H17N3O2. The van der Waals surface area contributed by atoms with E-state index in [4.69, 9.17) is 10.5 Å². The van der Waals surface area contributed by atoms with Crippen LogP contribution in [-0.2, 0) is 4.79 Å². The van der Waals surface area contributed by atoms with Crippen molar-refractivity contribution in [3.8, 4) is 5.75 Å². The van der Waals surface area contributed by atoms with Crippen molar-refractivity contribution in [3.05, 3.63) is 29.3 Å². The molecule has 1 unspecified atom stereocenters. The molecule has 0 aliphatic rings. The summed E-state index contributed by atoms with van der Waals surface area (Å²) in [6.07, 6.45) is 0. The molecular weight excluding hydrogens is 206 g/mol. The summed E-state index contributed by atoms with van der Waals surface area (Å²) in [5.41, 5.74) is 12.5. The first-order valence-electron chi connectivity index (χ1n) is 4.97. The van der Waals surface area contributed by atoms with Crippen molar-refractivity contribution in [2.24, 2.45) is 5.73 Å². The molecule has 0 spiro atoms. The van der Waals surface area contributed by atoms with Gasteiger partial charge in [-0.3, -0.25) is 10.2 Å². The fourth-order valence-electron chi connectivity index (χ4n) is 1.45. The molecule has 0 aromatic heterocycles. The van der Waals surface area contributed by atoms with Crippen molar-refractivity contribution in [1.82, 2.24) is 10.9 Å². The number of hydrazine groups is 1. The number of hydrogen-bond acceptors (Lipinski definition) is 4. The molecule has 0 radical (unpaired) electrons. The van der Waals surface area contributed by atoms with Gasteiger partial charge >= 0.3 is 0 Å². The van der Waals surface area contributed by atoms with Crippen molar-refractivity contribution in [2.45, 2.75) is 13.0 Å². The molecule has 5 heteroatoms. The summed E-state index contributed by atoms with van der Waals surface area (Å²) in [5, 5.41) is 0. The van der Waals surface area contributed by atoms with Gasteiger partial charge in [-0.05, 0) is 24.1 Å². The minimum atomic E-state index is -0.683. The van der Waals surface area contributed by atoms with Crippen LogP contribution in [0.2, 0.25) is 0 Å². The van der Waals surface area contributed by atoms with E-state index in [-0.39, 0.29) is 5.91 Å². The highest BCUT2D eigenvalue weighted by Gasteiger charge is 2.15. The van der Waals surface area contributed by atoms with Crippen molar-refractivity contribution < 1.29 is 9.53 Å². The molecule has 1 amide bonds. The molecule has 0 fully saturated rings.